The van der Waals surface area contributed by atoms with Crippen LogP contribution in [0.25, 0.3) is 0 Å². The van der Waals surface area contributed by atoms with E-state index in [9.17, 15) is 8.78 Å². The number of benzene rings is 1. The Labute approximate surface area is 153 Å². The molecule has 5 heteroatoms. The van der Waals surface area contributed by atoms with Crippen molar-refractivity contribution in [3.63, 3.8) is 0 Å². The molecule has 0 N–H and O–H groups in total. The summed E-state index contributed by atoms with van der Waals surface area (Å²) in [5.74, 6) is -1.02. The zero-order valence-corrected chi connectivity index (χ0v) is 15.1. The van der Waals surface area contributed by atoms with Gasteiger partial charge >= 0.3 is 0 Å². The lowest BCUT2D eigenvalue weighted by atomic mass is 9.82. The Hall–Kier alpha value is -1.98. The van der Waals surface area contributed by atoms with Crippen molar-refractivity contribution in [3.05, 3.63) is 66.3 Å². The number of halogens is 2. The zero-order chi connectivity index (χ0) is 18.6. The van der Waals surface area contributed by atoms with Crippen LogP contribution in [-0.4, -0.2) is 44.4 Å². The lowest BCUT2D eigenvalue weighted by Crippen LogP contribution is -2.37. The molecule has 2 aliphatic heterocycles. The number of ether oxygens (including phenoxy) is 2. The minimum absolute atomic E-state index is 0.105. The Morgan fingerprint density at radius 3 is 3.00 bits per heavy atom. The summed E-state index contributed by atoms with van der Waals surface area (Å²) in [7, 11) is 0. The first-order chi connectivity index (χ1) is 12.6. The van der Waals surface area contributed by atoms with Gasteiger partial charge in [0.2, 0.25) is 0 Å². The van der Waals surface area contributed by atoms with Crippen LogP contribution in [-0.2, 0) is 4.74 Å². The minimum atomic E-state index is -0.890. The molecule has 2 fully saturated rings. The highest BCUT2D eigenvalue weighted by molar-refractivity contribution is 5.25. The normalized spacial score (nSPS) is 26.4. The molecular weight excluding hydrogens is 336 g/mol. The van der Waals surface area contributed by atoms with E-state index in [2.05, 4.69) is 23.6 Å². The Kier molecular flexibility index (Phi) is 5.89. The van der Waals surface area contributed by atoms with Crippen molar-refractivity contribution in [2.24, 2.45) is 11.3 Å². The molecule has 3 rings (SSSR count). The third-order valence-corrected chi connectivity index (χ3v) is 5.23. The maximum atomic E-state index is 13.4. The van der Waals surface area contributed by atoms with E-state index in [1.54, 1.807) is 6.08 Å². The quantitative estimate of drug-likeness (QED) is 0.686. The number of rotatable bonds is 7. The predicted octanol–water partition coefficient (Wildman–Crippen LogP) is 3.98. The van der Waals surface area contributed by atoms with Crippen LogP contribution in [0.4, 0.5) is 8.78 Å². The smallest absolute Gasteiger partial charge is 0.162 e. The van der Waals surface area contributed by atoms with E-state index in [4.69, 9.17) is 9.47 Å². The molecular formula is C21H25F2NO2. The van der Waals surface area contributed by atoms with Crippen molar-refractivity contribution in [3.8, 4) is 5.75 Å². The molecule has 0 bridgehead atoms. The van der Waals surface area contributed by atoms with Crippen molar-refractivity contribution in [2.75, 3.05) is 39.5 Å². The molecule has 0 aromatic heterocycles. The van der Waals surface area contributed by atoms with Crippen LogP contribution in [0.15, 0.2) is 54.7 Å². The molecule has 1 aromatic rings. The lowest BCUT2D eigenvalue weighted by molar-refractivity contribution is 0.0928. The van der Waals surface area contributed by atoms with Gasteiger partial charge in [-0.3, -0.25) is 4.90 Å². The highest BCUT2D eigenvalue weighted by Crippen LogP contribution is 2.42. The molecule has 0 radical (unpaired) electrons. The van der Waals surface area contributed by atoms with Gasteiger partial charge in [-0.15, -0.1) is 0 Å². The molecule has 0 spiro atoms. The van der Waals surface area contributed by atoms with Crippen LogP contribution in [0.1, 0.15) is 6.92 Å². The third-order valence-electron chi connectivity index (χ3n) is 5.23. The van der Waals surface area contributed by atoms with Crippen LogP contribution in [0.3, 0.4) is 0 Å². The fourth-order valence-electron chi connectivity index (χ4n) is 3.75. The highest BCUT2D eigenvalue weighted by atomic mass is 19.2. The van der Waals surface area contributed by atoms with Gasteiger partial charge in [0.1, 0.15) is 5.75 Å². The second-order valence-electron chi connectivity index (χ2n) is 7.07. The minimum Gasteiger partial charge on any atom is -0.493 e. The Morgan fingerprint density at radius 2 is 2.27 bits per heavy atom. The van der Waals surface area contributed by atoms with Crippen LogP contribution in [0, 0.1) is 23.0 Å². The van der Waals surface area contributed by atoms with Crippen molar-refractivity contribution in [1.82, 2.24) is 4.90 Å². The van der Waals surface area contributed by atoms with Crippen molar-refractivity contribution < 1.29 is 18.3 Å². The Bertz CT molecular complexity index is 716. The van der Waals surface area contributed by atoms with E-state index >= 15 is 0 Å². The molecule has 0 amide bonds. The maximum Gasteiger partial charge on any atom is 0.162 e. The van der Waals surface area contributed by atoms with E-state index in [0.717, 1.165) is 31.8 Å². The van der Waals surface area contributed by atoms with Crippen LogP contribution < -0.4 is 4.74 Å². The maximum absolute atomic E-state index is 13.4. The fourth-order valence-corrected chi connectivity index (χ4v) is 3.75. The summed E-state index contributed by atoms with van der Waals surface area (Å²) in [6.07, 6.45) is 7.89. The van der Waals surface area contributed by atoms with E-state index in [1.165, 1.54) is 11.6 Å². The average molecular weight is 361 g/mol. The van der Waals surface area contributed by atoms with Crippen LogP contribution >= 0.6 is 0 Å². The molecule has 26 heavy (non-hydrogen) atoms. The van der Waals surface area contributed by atoms with Gasteiger partial charge in [-0.05, 0) is 24.6 Å². The molecule has 0 saturated carbocycles. The molecule has 2 aliphatic rings. The number of allylic oxidation sites excluding steroid dienone is 3. The first kappa shape index (κ1) is 18.8. The monoisotopic (exact) mass is 361 g/mol. The van der Waals surface area contributed by atoms with Gasteiger partial charge in [0.25, 0.3) is 0 Å². The number of likely N-dealkylation sites (tertiary alicyclic amines) is 1. The Balaban J connectivity index is 1.64. The number of hydrogen-bond acceptors (Lipinski definition) is 3. The molecule has 2 saturated heterocycles. The summed E-state index contributed by atoms with van der Waals surface area (Å²) >= 11 is 0. The van der Waals surface area contributed by atoms with Gasteiger partial charge in [0, 0.05) is 37.0 Å². The molecule has 3 nitrogen and oxygen atoms in total. The molecule has 2 unspecified atom stereocenters. The van der Waals surface area contributed by atoms with E-state index in [1.807, 2.05) is 13.0 Å². The standard InChI is InChI=1S/C21H25F2NO2/c1-3-5-6-16(4-2)10-24-11-17-12-25-14-21(17,13-24)15-26-18-7-8-19(22)20(23)9-18/h3-9,17H,1,10-15H2,2H3/b6-5-,16-4+. The highest BCUT2D eigenvalue weighted by Gasteiger charge is 2.51. The van der Waals surface area contributed by atoms with E-state index in [-0.39, 0.29) is 5.41 Å². The number of hydrogen-bond donors (Lipinski definition) is 0. The van der Waals surface area contributed by atoms with Gasteiger partial charge < -0.3 is 9.47 Å². The molecule has 1 aromatic carbocycles. The van der Waals surface area contributed by atoms with Gasteiger partial charge in [-0.25, -0.2) is 8.78 Å². The third kappa shape index (κ3) is 4.05. The van der Waals surface area contributed by atoms with Gasteiger partial charge in [0.15, 0.2) is 11.6 Å². The molecule has 140 valence electrons. The predicted molar refractivity (Wildman–Crippen MR) is 98.1 cm³/mol. The topological polar surface area (TPSA) is 21.7 Å². The Morgan fingerprint density at radius 1 is 1.42 bits per heavy atom. The second-order valence-corrected chi connectivity index (χ2v) is 7.07. The van der Waals surface area contributed by atoms with Crippen molar-refractivity contribution in [2.45, 2.75) is 6.92 Å². The van der Waals surface area contributed by atoms with Crippen molar-refractivity contribution >= 4 is 0 Å². The van der Waals surface area contributed by atoms with Gasteiger partial charge in [-0.2, -0.15) is 0 Å². The van der Waals surface area contributed by atoms with Crippen molar-refractivity contribution in [1.29, 1.82) is 0 Å². The largest absolute Gasteiger partial charge is 0.493 e. The average Bonchev–Trinajstić information content (AvgIpc) is 3.16. The van der Waals surface area contributed by atoms with E-state index < -0.39 is 11.6 Å². The SMILES string of the molecule is C=C/C=C\C(=C/C)CN1CC2COCC2(COc2ccc(F)c(F)c2)C1. The lowest BCUT2D eigenvalue weighted by Gasteiger charge is -2.27. The molecule has 2 atom stereocenters. The zero-order valence-electron chi connectivity index (χ0n) is 15.1. The summed E-state index contributed by atoms with van der Waals surface area (Å²) in [6, 6.07) is 3.66. The van der Waals surface area contributed by atoms with Crippen LogP contribution in [0.5, 0.6) is 5.75 Å². The summed E-state index contributed by atoms with van der Waals surface area (Å²) in [4.78, 5) is 2.41. The van der Waals surface area contributed by atoms with E-state index in [0.29, 0.717) is 31.5 Å². The van der Waals surface area contributed by atoms with Gasteiger partial charge in [-0.1, -0.05) is 30.9 Å². The second kappa shape index (κ2) is 8.14. The summed E-state index contributed by atoms with van der Waals surface area (Å²) in [6.45, 7) is 10.2. The summed E-state index contributed by atoms with van der Waals surface area (Å²) < 4.78 is 38.0. The summed E-state index contributed by atoms with van der Waals surface area (Å²) in [5.41, 5.74) is 1.13. The first-order valence-corrected chi connectivity index (χ1v) is 8.88. The molecule has 2 heterocycles. The fraction of sp³-hybridized carbons (Fsp3) is 0.429. The van der Waals surface area contributed by atoms with Gasteiger partial charge in [0.05, 0.1) is 19.8 Å². The molecule has 0 aliphatic carbocycles. The van der Waals surface area contributed by atoms with Crippen LogP contribution in [0.2, 0.25) is 0 Å². The number of nitrogens with zero attached hydrogens (tertiary/aromatic N) is 1. The first-order valence-electron chi connectivity index (χ1n) is 8.88. The number of fused-ring (bicyclic) bond motifs is 1. The summed E-state index contributed by atoms with van der Waals surface area (Å²) in [5, 5.41) is 0.